The molecule has 0 saturated heterocycles. The minimum absolute atomic E-state index is 0.136. The molecule has 0 aliphatic carbocycles. The predicted octanol–water partition coefficient (Wildman–Crippen LogP) is 2.79. The van der Waals surface area contributed by atoms with Crippen LogP contribution in [0.2, 0.25) is 0 Å². The molecule has 0 bridgehead atoms. The first-order chi connectivity index (χ1) is 13.0. The highest BCUT2D eigenvalue weighted by atomic mass is 32.1. The molecule has 7 nitrogen and oxygen atoms in total. The van der Waals surface area contributed by atoms with Gasteiger partial charge in [-0.15, -0.1) is 11.3 Å². The molecule has 0 aliphatic heterocycles. The lowest BCUT2D eigenvalue weighted by Gasteiger charge is -2.02. The topological polar surface area (TPSA) is 106 Å². The number of ketones is 1. The number of nitrogens with two attached hydrogens (primary N) is 1. The smallest absolute Gasteiger partial charge is 0.397 e. The summed E-state index contributed by atoms with van der Waals surface area (Å²) in [6.07, 6.45) is 0. The van der Waals surface area contributed by atoms with Gasteiger partial charge in [-0.25, -0.2) is 9.78 Å². The van der Waals surface area contributed by atoms with E-state index in [-0.39, 0.29) is 16.5 Å². The van der Waals surface area contributed by atoms with Crippen molar-refractivity contribution in [2.75, 3.05) is 5.73 Å². The second-order valence-corrected chi connectivity index (χ2v) is 7.42. The number of rotatable bonds is 4. The zero-order valence-corrected chi connectivity index (χ0v) is 15.5. The average molecular weight is 381 g/mol. The number of pyridine rings is 1. The number of fused-ring (bicyclic) bond motifs is 1. The van der Waals surface area contributed by atoms with E-state index in [2.05, 4.69) is 10.3 Å². The molecule has 136 valence electrons. The third-order valence-electron chi connectivity index (χ3n) is 4.29. The van der Waals surface area contributed by atoms with Gasteiger partial charge in [-0.05, 0) is 28.0 Å². The first-order valence-corrected chi connectivity index (χ1v) is 9.21. The van der Waals surface area contributed by atoms with Crippen LogP contribution in [0, 0.1) is 0 Å². The summed E-state index contributed by atoms with van der Waals surface area (Å²) in [5.41, 5.74) is 7.16. The molecule has 0 radical (unpaired) electrons. The summed E-state index contributed by atoms with van der Waals surface area (Å²) < 4.78 is 6.19. The lowest BCUT2D eigenvalue weighted by Crippen LogP contribution is -2.41. The van der Waals surface area contributed by atoms with E-state index < -0.39 is 11.4 Å². The Bertz CT molecular complexity index is 1200. The Hall–Kier alpha value is -3.26. The van der Waals surface area contributed by atoms with Gasteiger partial charge < -0.3 is 5.73 Å². The summed E-state index contributed by atoms with van der Waals surface area (Å²) in [5.74, 6) is -0.241. The third-order valence-corrected chi connectivity index (χ3v) is 5.40. The Morgan fingerprint density at radius 1 is 1.22 bits per heavy atom. The number of nitrogens with zero attached hydrogens (tertiary/aromatic N) is 2. The molecule has 27 heavy (non-hydrogen) atoms. The summed E-state index contributed by atoms with van der Waals surface area (Å²) in [6.45, 7) is 4.09. The molecule has 0 fully saturated rings. The number of H-pyrrole nitrogens is 1. The molecule has 3 aromatic heterocycles. The molecule has 0 amide bonds. The second kappa shape index (κ2) is 6.48. The van der Waals surface area contributed by atoms with Crippen LogP contribution >= 0.6 is 11.3 Å². The lowest BCUT2D eigenvalue weighted by molar-refractivity contribution is -0.672. The normalized spacial score (nSPS) is 11.4. The van der Waals surface area contributed by atoms with Gasteiger partial charge in [0.1, 0.15) is 9.71 Å². The van der Waals surface area contributed by atoms with Crippen molar-refractivity contribution in [3.63, 3.8) is 0 Å². The van der Waals surface area contributed by atoms with Gasteiger partial charge >= 0.3 is 11.3 Å². The molecule has 0 aliphatic rings. The Labute approximate surface area is 158 Å². The van der Waals surface area contributed by atoms with Gasteiger partial charge in [0.15, 0.2) is 0 Å². The minimum atomic E-state index is -0.753. The highest BCUT2D eigenvalue weighted by Gasteiger charge is 2.34. The maximum Gasteiger partial charge on any atom is 0.439 e. The average Bonchev–Trinajstić information content (AvgIpc) is 3.22. The first kappa shape index (κ1) is 17.2. The van der Waals surface area contributed by atoms with Gasteiger partial charge in [0.25, 0.3) is 5.78 Å². The number of carbonyl (C=O) groups excluding carboxylic acids is 1. The molecule has 3 N–H and O–H groups in total. The number of anilines is 1. The van der Waals surface area contributed by atoms with Crippen LogP contribution in [-0.2, 0) is 0 Å². The number of hydrogen-bond acceptors (Lipinski definition) is 6. The van der Waals surface area contributed by atoms with Gasteiger partial charge in [-0.3, -0.25) is 9.32 Å². The van der Waals surface area contributed by atoms with Crippen molar-refractivity contribution in [2.24, 2.45) is 0 Å². The molecule has 3 heterocycles. The van der Waals surface area contributed by atoms with Crippen LogP contribution in [0.5, 0.6) is 0 Å². The molecule has 8 heteroatoms. The van der Waals surface area contributed by atoms with Crippen molar-refractivity contribution in [2.45, 2.75) is 19.8 Å². The molecule has 0 spiro atoms. The summed E-state index contributed by atoms with van der Waals surface area (Å²) in [7, 11) is 0. The largest absolute Gasteiger partial charge is 0.439 e. The zero-order valence-electron chi connectivity index (χ0n) is 14.7. The minimum Gasteiger partial charge on any atom is -0.397 e. The molecular formula is C19H17N4O3S+. The molecule has 4 aromatic rings. The van der Waals surface area contributed by atoms with E-state index in [1.54, 1.807) is 24.3 Å². The van der Waals surface area contributed by atoms with Crippen molar-refractivity contribution < 1.29 is 14.0 Å². The zero-order chi connectivity index (χ0) is 19.1. The van der Waals surface area contributed by atoms with Crippen molar-refractivity contribution in [1.29, 1.82) is 0 Å². The number of nitrogen functional groups attached to an aromatic ring is 1. The van der Waals surface area contributed by atoms with Crippen molar-refractivity contribution in [3.05, 3.63) is 69.1 Å². The second-order valence-electron chi connectivity index (χ2n) is 6.42. The molecule has 1 aromatic carbocycles. The van der Waals surface area contributed by atoms with Gasteiger partial charge in [0, 0.05) is 23.2 Å². The van der Waals surface area contributed by atoms with E-state index in [0.29, 0.717) is 21.6 Å². The van der Waals surface area contributed by atoms with Crippen molar-refractivity contribution >= 4 is 33.0 Å². The summed E-state index contributed by atoms with van der Waals surface area (Å²) in [6, 6.07) is 12.7. The Morgan fingerprint density at radius 2 is 1.96 bits per heavy atom. The van der Waals surface area contributed by atoms with Crippen LogP contribution in [0.4, 0.5) is 5.69 Å². The van der Waals surface area contributed by atoms with E-state index in [0.717, 1.165) is 5.69 Å². The number of benzene rings is 1. The maximum atomic E-state index is 13.1. The molecule has 0 unspecified atom stereocenters. The first-order valence-electron chi connectivity index (χ1n) is 8.40. The van der Waals surface area contributed by atoms with Crippen LogP contribution in [0.3, 0.4) is 0 Å². The number of thiophene rings is 1. The third kappa shape index (κ3) is 2.83. The van der Waals surface area contributed by atoms with Crippen molar-refractivity contribution in [3.8, 4) is 5.69 Å². The fourth-order valence-electron chi connectivity index (χ4n) is 2.83. The van der Waals surface area contributed by atoms with Crippen LogP contribution < -0.4 is 16.0 Å². The quantitative estimate of drug-likeness (QED) is 0.418. The van der Waals surface area contributed by atoms with E-state index in [1.807, 2.05) is 32.0 Å². The lowest BCUT2D eigenvalue weighted by atomic mass is 10.1. The monoisotopic (exact) mass is 381 g/mol. The number of carbonyl (C=O) groups is 1. The van der Waals surface area contributed by atoms with E-state index in [4.69, 9.17) is 10.3 Å². The van der Waals surface area contributed by atoms with E-state index in [9.17, 15) is 9.59 Å². The number of para-hydroxylation sites is 1. The van der Waals surface area contributed by atoms with Gasteiger partial charge in [0.2, 0.25) is 5.69 Å². The summed E-state index contributed by atoms with van der Waals surface area (Å²) in [5, 5.41) is 3.18. The summed E-state index contributed by atoms with van der Waals surface area (Å²) in [4.78, 5) is 30.9. The fraction of sp³-hybridized carbons (Fsp3) is 0.158. The maximum absolute atomic E-state index is 13.1. The molecular weight excluding hydrogens is 364 g/mol. The van der Waals surface area contributed by atoms with E-state index in [1.165, 1.54) is 16.0 Å². The van der Waals surface area contributed by atoms with Gasteiger partial charge in [0.05, 0.1) is 5.69 Å². The molecule has 4 rings (SSSR count). The standard InChI is InChI=1S/C19H16N4O3S/c1-10(2)13-9-8-12-14(20)17(27-18(12)21-13)16(24)15-19(25)26-22-23(15)11-6-4-3-5-7-11/h3-10H,1-2H3,(H2-,20,22,24,25)/p+1. The highest BCUT2D eigenvalue weighted by Crippen LogP contribution is 2.34. The fourth-order valence-corrected chi connectivity index (χ4v) is 3.88. The van der Waals surface area contributed by atoms with Crippen LogP contribution in [0.15, 0.2) is 51.8 Å². The van der Waals surface area contributed by atoms with Crippen LogP contribution in [0.25, 0.3) is 15.9 Å². The van der Waals surface area contributed by atoms with Gasteiger partial charge in [-0.1, -0.05) is 32.0 Å². The molecule has 0 saturated carbocycles. The highest BCUT2D eigenvalue weighted by molar-refractivity contribution is 7.21. The Kier molecular flexibility index (Phi) is 4.12. The van der Waals surface area contributed by atoms with Crippen LogP contribution in [0.1, 0.15) is 40.8 Å². The Morgan fingerprint density at radius 3 is 2.67 bits per heavy atom. The summed E-state index contributed by atoms with van der Waals surface area (Å²) >= 11 is 1.18. The number of nitrogens with one attached hydrogen (secondary N) is 1. The predicted molar refractivity (Wildman–Crippen MR) is 102 cm³/mol. The number of hydrogen-bond donors (Lipinski definition) is 2. The Balaban J connectivity index is 1.86. The van der Waals surface area contributed by atoms with Crippen LogP contribution in [-0.4, -0.2) is 16.0 Å². The van der Waals surface area contributed by atoms with Crippen molar-refractivity contribution in [1.82, 2.24) is 10.3 Å². The number of aromatic amines is 1. The number of aromatic nitrogens is 3. The molecule has 0 atom stereocenters. The SMILES string of the molecule is CC(C)c1ccc2c(N)c(C(=O)c3c(=O)o[nH][n+]3-c3ccccc3)sc2n1. The van der Waals surface area contributed by atoms with E-state index >= 15 is 0 Å². The van der Waals surface area contributed by atoms with Gasteiger partial charge in [-0.2, -0.15) is 0 Å².